The molecule has 2 heterocycles. The van der Waals surface area contributed by atoms with Crippen LogP contribution in [0.2, 0.25) is 0 Å². The number of para-hydroxylation sites is 1. The average molecular weight is 418 g/mol. The number of nitrogens with zero attached hydrogens (tertiary/aromatic N) is 3. The van der Waals surface area contributed by atoms with E-state index < -0.39 is 0 Å². The van der Waals surface area contributed by atoms with E-state index in [-0.39, 0.29) is 29.1 Å². The van der Waals surface area contributed by atoms with Crippen molar-refractivity contribution in [2.24, 2.45) is 5.41 Å². The van der Waals surface area contributed by atoms with E-state index in [0.717, 1.165) is 37.8 Å². The van der Waals surface area contributed by atoms with Crippen molar-refractivity contribution in [2.45, 2.75) is 38.1 Å². The molecule has 158 valence electrons. The molecule has 3 aromatic rings. The van der Waals surface area contributed by atoms with Crippen molar-refractivity contribution in [2.75, 3.05) is 11.4 Å². The van der Waals surface area contributed by atoms with Crippen molar-refractivity contribution in [3.63, 3.8) is 0 Å². The van der Waals surface area contributed by atoms with Crippen LogP contribution in [0.3, 0.4) is 0 Å². The SMILES string of the molecule is O=C(NC1CCC2(CC1)CCN(c1ccc(F)cc1)C2=O)c1cccc2nccnc12. The van der Waals surface area contributed by atoms with Crippen molar-refractivity contribution < 1.29 is 14.0 Å². The fourth-order valence-corrected chi connectivity index (χ4v) is 4.91. The summed E-state index contributed by atoms with van der Waals surface area (Å²) in [7, 11) is 0. The van der Waals surface area contributed by atoms with Gasteiger partial charge in [0.15, 0.2) is 0 Å². The number of amides is 2. The zero-order valence-electron chi connectivity index (χ0n) is 17.1. The molecule has 1 aromatic heterocycles. The fraction of sp³-hybridized carbons (Fsp3) is 0.333. The van der Waals surface area contributed by atoms with Gasteiger partial charge in [-0.1, -0.05) is 6.07 Å². The fourth-order valence-electron chi connectivity index (χ4n) is 4.91. The quantitative estimate of drug-likeness (QED) is 0.701. The molecule has 0 bridgehead atoms. The second kappa shape index (κ2) is 7.72. The molecular weight excluding hydrogens is 395 g/mol. The number of anilines is 1. The van der Waals surface area contributed by atoms with E-state index in [2.05, 4.69) is 15.3 Å². The molecule has 0 radical (unpaired) electrons. The smallest absolute Gasteiger partial charge is 0.253 e. The van der Waals surface area contributed by atoms with Gasteiger partial charge in [-0.15, -0.1) is 0 Å². The highest BCUT2D eigenvalue weighted by molar-refractivity contribution is 6.04. The van der Waals surface area contributed by atoms with Crippen molar-refractivity contribution in [3.8, 4) is 0 Å². The van der Waals surface area contributed by atoms with Gasteiger partial charge in [-0.2, -0.15) is 0 Å². The summed E-state index contributed by atoms with van der Waals surface area (Å²) in [5.74, 6) is -0.343. The lowest BCUT2D eigenvalue weighted by atomic mass is 9.71. The molecule has 31 heavy (non-hydrogen) atoms. The molecular formula is C24H23FN4O2. The van der Waals surface area contributed by atoms with Gasteiger partial charge in [0.2, 0.25) is 5.91 Å². The van der Waals surface area contributed by atoms with Crippen LogP contribution in [0.15, 0.2) is 54.9 Å². The number of benzene rings is 2. The lowest BCUT2D eigenvalue weighted by Crippen LogP contribution is -2.44. The normalized spacial score (nSPS) is 23.5. The zero-order valence-corrected chi connectivity index (χ0v) is 17.1. The Balaban J connectivity index is 1.25. The first-order valence-corrected chi connectivity index (χ1v) is 10.6. The van der Waals surface area contributed by atoms with Crippen LogP contribution in [0.5, 0.6) is 0 Å². The predicted molar refractivity (Wildman–Crippen MR) is 115 cm³/mol. The number of rotatable bonds is 3. The molecule has 2 aliphatic rings. The Bertz CT molecular complexity index is 1130. The van der Waals surface area contributed by atoms with Crippen LogP contribution >= 0.6 is 0 Å². The predicted octanol–water partition coefficient (Wildman–Crippen LogP) is 3.86. The number of aromatic nitrogens is 2. The van der Waals surface area contributed by atoms with Crippen molar-refractivity contribution in [1.82, 2.24) is 15.3 Å². The van der Waals surface area contributed by atoms with Gasteiger partial charge in [-0.05, 0) is 68.5 Å². The molecule has 1 saturated heterocycles. The zero-order chi connectivity index (χ0) is 21.4. The number of fused-ring (bicyclic) bond motifs is 1. The van der Waals surface area contributed by atoms with E-state index in [0.29, 0.717) is 23.1 Å². The topological polar surface area (TPSA) is 75.2 Å². The molecule has 1 aliphatic heterocycles. The molecule has 0 unspecified atom stereocenters. The first-order valence-electron chi connectivity index (χ1n) is 10.6. The van der Waals surface area contributed by atoms with Gasteiger partial charge < -0.3 is 10.2 Å². The standard InChI is InChI=1S/C24H23FN4O2/c25-16-4-6-18(7-5-16)29-15-12-24(23(29)31)10-8-17(9-11-24)28-22(30)19-2-1-3-20-21(19)27-14-13-26-20/h1-7,13-14,17H,8-12,15H2,(H,28,30). The Morgan fingerprint density at radius 1 is 1.03 bits per heavy atom. The summed E-state index contributed by atoms with van der Waals surface area (Å²) in [5, 5.41) is 3.12. The number of hydrogen-bond donors (Lipinski definition) is 1. The number of nitrogens with one attached hydrogen (secondary N) is 1. The van der Waals surface area contributed by atoms with Crippen LogP contribution in [0.25, 0.3) is 11.0 Å². The maximum absolute atomic E-state index is 13.2. The highest BCUT2D eigenvalue weighted by Crippen LogP contribution is 2.46. The second-order valence-corrected chi connectivity index (χ2v) is 8.44. The van der Waals surface area contributed by atoms with Gasteiger partial charge in [0, 0.05) is 30.7 Å². The van der Waals surface area contributed by atoms with E-state index in [1.807, 2.05) is 12.1 Å². The van der Waals surface area contributed by atoms with E-state index in [1.54, 1.807) is 35.5 Å². The molecule has 5 rings (SSSR count). The van der Waals surface area contributed by atoms with Crippen molar-refractivity contribution >= 4 is 28.5 Å². The van der Waals surface area contributed by atoms with Crippen LogP contribution in [0, 0.1) is 11.2 Å². The number of hydrogen-bond acceptors (Lipinski definition) is 4. The van der Waals surface area contributed by atoms with E-state index in [9.17, 15) is 14.0 Å². The highest BCUT2D eigenvalue weighted by atomic mass is 19.1. The van der Waals surface area contributed by atoms with E-state index in [1.165, 1.54) is 12.1 Å². The van der Waals surface area contributed by atoms with Crippen LogP contribution in [-0.2, 0) is 4.79 Å². The van der Waals surface area contributed by atoms with E-state index >= 15 is 0 Å². The van der Waals surface area contributed by atoms with Gasteiger partial charge in [0.1, 0.15) is 11.3 Å². The van der Waals surface area contributed by atoms with Gasteiger partial charge in [0.25, 0.3) is 5.91 Å². The third-order valence-corrected chi connectivity index (χ3v) is 6.67. The molecule has 1 aliphatic carbocycles. The van der Waals surface area contributed by atoms with Gasteiger partial charge in [-0.25, -0.2) is 4.39 Å². The van der Waals surface area contributed by atoms with Crippen LogP contribution in [-0.4, -0.2) is 34.4 Å². The monoisotopic (exact) mass is 418 g/mol. The molecule has 7 heteroatoms. The highest BCUT2D eigenvalue weighted by Gasteiger charge is 2.48. The average Bonchev–Trinajstić information content (AvgIpc) is 3.11. The molecule has 1 spiro atoms. The third-order valence-electron chi connectivity index (χ3n) is 6.67. The Morgan fingerprint density at radius 3 is 2.55 bits per heavy atom. The minimum Gasteiger partial charge on any atom is -0.349 e. The molecule has 0 atom stereocenters. The summed E-state index contributed by atoms with van der Waals surface area (Å²) in [5.41, 5.74) is 2.17. The molecule has 6 nitrogen and oxygen atoms in total. The summed E-state index contributed by atoms with van der Waals surface area (Å²) in [6.07, 6.45) is 6.98. The summed E-state index contributed by atoms with van der Waals surface area (Å²) in [4.78, 5) is 36.4. The summed E-state index contributed by atoms with van der Waals surface area (Å²) in [6.45, 7) is 0.649. The van der Waals surface area contributed by atoms with Gasteiger partial charge in [-0.3, -0.25) is 19.6 Å². The Morgan fingerprint density at radius 2 is 1.77 bits per heavy atom. The third kappa shape index (κ3) is 3.54. The molecule has 1 saturated carbocycles. The van der Waals surface area contributed by atoms with Gasteiger partial charge in [0.05, 0.1) is 16.5 Å². The second-order valence-electron chi connectivity index (χ2n) is 8.44. The molecule has 2 amide bonds. The lowest BCUT2D eigenvalue weighted by Gasteiger charge is -2.36. The first-order chi connectivity index (χ1) is 15.1. The summed E-state index contributed by atoms with van der Waals surface area (Å²) < 4.78 is 13.2. The number of carbonyl (C=O) groups is 2. The minimum absolute atomic E-state index is 0.0257. The maximum atomic E-state index is 13.2. The molecule has 2 aromatic carbocycles. The molecule has 1 N–H and O–H groups in total. The summed E-state index contributed by atoms with van der Waals surface area (Å²) in [6, 6.07) is 11.5. The van der Waals surface area contributed by atoms with E-state index in [4.69, 9.17) is 0 Å². The van der Waals surface area contributed by atoms with Crippen molar-refractivity contribution in [3.05, 3.63) is 66.2 Å². The number of carbonyl (C=O) groups excluding carboxylic acids is 2. The largest absolute Gasteiger partial charge is 0.349 e. The Kier molecular flexibility index (Phi) is 4.88. The van der Waals surface area contributed by atoms with Crippen molar-refractivity contribution in [1.29, 1.82) is 0 Å². The van der Waals surface area contributed by atoms with Crippen LogP contribution < -0.4 is 10.2 Å². The molecule has 2 fully saturated rings. The maximum Gasteiger partial charge on any atom is 0.253 e. The summed E-state index contributed by atoms with van der Waals surface area (Å²) >= 11 is 0. The first kappa shape index (κ1) is 19.6. The van der Waals surface area contributed by atoms with Gasteiger partial charge >= 0.3 is 0 Å². The van der Waals surface area contributed by atoms with Crippen LogP contribution in [0.1, 0.15) is 42.5 Å². The number of halogens is 1. The Labute approximate surface area is 179 Å². The Hall–Kier alpha value is -3.35. The lowest BCUT2D eigenvalue weighted by molar-refractivity contribution is -0.127. The minimum atomic E-state index is -0.374. The van der Waals surface area contributed by atoms with Crippen LogP contribution in [0.4, 0.5) is 10.1 Å².